The quantitative estimate of drug-likeness (QED) is 0.620. The van der Waals surface area contributed by atoms with Gasteiger partial charge in [0.15, 0.2) is 0 Å². The van der Waals surface area contributed by atoms with E-state index in [9.17, 15) is 9.59 Å². The van der Waals surface area contributed by atoms with E-state index < -0.39 is 6.09 Å². The van der Waals surface area contributed by atoms with Crippen molar-refractivity contribution in [1.29, 1.82) is 0 Å². The third-order valence-electron chi connectivity index (χ3n) is 3.38. The van der Waals surface area contributed by atoms with Crippen LogP contribution in [-0.4, -0.2) is 45.3 Å². The maximum Gasteiger partial charge on any atom is 0.413 e. The second-order valence-corrected chi connectivity index (χ2v) is 5.22. The zero-order valence-corrected chi connectivity index (χ0v) is 14.7. The summed E-state index contributed by atoms with van der Waals surface area (Å²) in [7, 11) is 1.25. The van der Waals surface area contributed by atoms with Gasteiger partial charge in [-0.05, 0) is 18.6 Å². The van der Waals surface area contributed by atoms with Gasteiger partial charge in [-0.1, -0.05) is 25.5 Å². The van der Waals surface area contributed by atoms with Crippen LogP contribution in [0.4, 0.5) is 15.5 Å². The predicted molar refractivity (Wildman–Crippen MR) is 98.1 cm³/mol. The molecular weight excluding hydrogens is 336 g/mol. The first-order chi connectivity index (χ1) is 12.7. The minimum absolute atomic E-state index is 0.136. The summed E-state index contributed by atoms with van der Waals surface area (Å²) >= 11 is 0. The number of para-hydroxylation sites is 2. The Morgan fingerprint density at radius 2 is 2.12 bits per heavy atom. The summed E-state index contributed by atoms with van der Waals surface area (Å²) in [5, 5.41) is 5.25. The Bertz CT molecular complexity index is 811. The van der Waals surface area contributed by atoms with Crippen LogP contribution in [0.25, 0.3) is 11.0 Å². The summed E-state index contributed by atoms with van der Waals surface area (Å²) in [5.74, 6) is 0.136. The Balaban J connectivity index is 0.000000417. The van der Waals surface area contributed by atoms with E-state index in [1.165, 1.54) is 11.7 Å². The average molecular weight is 358 g/mol. The molecule has 2 heterocycles. The molecule has 0 radical (unpaired) electrons. The fourth-order valence-electron chi connectivity index (χ4n) is 2.12. The number of benzene rings is 1. The highest BCUT2D eigenvalue weighted by Gasteiger charge is 2.18. The van der Waals surface area contributed by atoms with E-state index in [0.29, 0.717) is 17.6 Å². The molecule has 0 saturated carbocycles. The number of amides is 2. The topological polar surface area (TPSA) is 114 Å². The number of nitrogens with zero attached hydrogens (tertiary/aromatic N) is 3. The number of nitrogens with one attached hydrogen (secondary N) is 3. The molecule has 0 saturated heterocycles. The summed E-state index contributed by atoms with van der Waals surface area (Å²) in [6, 6.07) is 6.83. The van der Waals surface area contributed by atoms with Crippen LogP contribution in [0.15, 0.2) is 43.0 Å². The summed E-state index contributed by atoms with van der Waals surface area (Å²) in [6.07, 6.45) is 6.28. The molecular formula is C17H22N6O3. The predicted octanol–water partition coefficient (Wildman–Crippen LogP) is 2.98. The number of aromatic nitrogens is 4. The average Bonchev–Trinajstić information content (AvgIpc) is 3.33. The van der Waals surface area contributed by atoms with Gasteiger partial charge in [0, 0.05) is 18.9 Å². The second-order valence-electron chi connectivity index (χ2n) is 5.22. The zero-order valence-electron chi connectivity index (χ0n) is 14.7. The Morgan fingerprint density at radius 3 is 2.73 bits per heavy atom. The summed E-state index contributed by atoms with van der Waals surface area (Å²) in [4.78, 5) is 34.3. The first-order valence-electron chi connectivity index (χ1n) is 8.20. The number of carbonyl (C=O) groups excluding carboxylic acids is 2. The lowest BCUT2D eigenvalue weighted by atomic mass is 10.3. The third kappa shape index (κ3) is 5.07. The number of anilines is 1. The van der Waals surface area contributed by atoms with Crippen molar-refractivity contribution in [3.63, 3.8) is 0 Å². The molecule has 3 N–H and O–H groups in total. The first-order valence-corrected chi connectivity index (χ1v) is 8.20. The van der Waals surface area contributed by atoms with Gasteiger partial charge in [0.05, 0.1) is 24.5 Å². The Kier molecular flexibility index (Phi) is 7.17. The van der Waals surface area contributed by atoms with Gasteiger partial charge in [-0.15, -0.1) is 0 Å². The number of hydrogen-bond acceptors (Lipinski definition) is 5. The fourth-order valence-corrected chi connectivity index (χ4v) is 2.12. The number of aromatic amines is 1. The van der Waals surface area contributed by atoms with Crippen LogP contribution in [0.1, 0.15) is 19.8 Å². The lowest BCUT2D eigenvalue weighted by Crippen LogP contribution is -2.31. The highest BCUT2D eigenvalue weighted by Crippen LogP contribution is 2.19. The van der Waals surface area contributed by atoms with E-state index in [2.05, 4.69) is 30.3 Å². The Morgan fingerprint density at radius 1 is 1.31 bits per heavy atom. The monoisotopic (exact) mass is 358 g/mol. The normalized spacial score (nSPS) is 9.92. The second kappa shape index (κ2) is 9.82. The van der Waals surface area contributed by atoms with Crippen molar-refractivity contribution < 1.29 is 14.3 Å². The van der Waals surface area contributed by atoms with Gasteiger partial charge in [0.2, 0.25) is 5.95 Å². The largest absolute Gasteiger partial charge is 0.453 e. The number of carbonyl (C=O) groups is 2. The number of methoxy groups -OCH3 is 1. The molecule has 2 aromatic heterocycles. The lowest BCUT2D eigenvalue weighted by Gasteiger charge is -2.09. The number of rotatable bonds is 4. The van der Waals surface area contributed by atoms with Crippen molar-refractivity contribution >= 4 is 29.1 Å². The maximum absolute atomic E-state index is 12.3. The molecule has 26 heavy (non-hydrogen) atoms. The molecule has 0 fully saturated rings. The molecule has 1 aromatic carbocycles. The van der Waals surface area contributed by atoms with Crippen LogP contribution in [0.3, 0.4) is 0 Å². The zero-order chi connectivity index (χ0) is 18.8. The summed E-state index contributed by atoms with van der Waals surface area (Å²) in [5.41, 5.74) is 1.24. The van der Waals surface area contributed by atoms with Crippen molar-refractivity contribution in [3.8, 4) is 0 Å². The van der Waals surface area contributed by atoms with Crippen molar-refractivity contribution in [2.45, 2.75) is 19.8 Å². The standard InChI is InChI=1S/C14H18N4O3.C3H4N2/c1-3-4-9-15-13(19)18-11-8-6-5-7-10(11)16-12(18)17-14(20)21-2;1-2-5-3-4-1/h5-8H,3-4,9H2,1-2H3,(H,15,19)(H,16,17,20);1-3H,(H,4,5). The number of unbranched alkanes of at least 4 members (excludes halogenated alkanes) is 1. The number of imidazole rings is 2. The number of ether oxygens (including phenoxy) is 1. The number of H-pyrrole nitrogens is 1. The SMILES string of the molecule is CCCCNC(=O)n1c(NC(=O)OC)nc2ccccc21.c1c[nH]cn1. The van der Waals surface area contributed by atoms with Gasteiger partial charge in [0.25, 0.3) is 0 Å². The van der Waals surface area contributed by atoms with Crippen LogP contribution < -0.4 is 10.6 Å². The number of fused-ring (bicyclic) bond motifs is 1. The molecule has 9 nitrogen and oxygen atoms in total. The smallest absolute Gasteiger partial charge is 0.413 e. The first kappa shape index (κ1) is 19.0. The molecule has 9 heteroatoms. The highest BCUT2D eigenvalue weighted by atomic mass is 16.5. The minimum Gasteiger partial charge on any atom is -0.453 e. The van der Waals surface area contributed by atoms with Crippen LogP contribution in [0, 0.1) is 0 Å². The highest BCUT2D eigenvalue weighted by molar-refractivity contribution is 5.96. The van der Waals surface area contributed by atoms with E-state index in [-0.39, 0.29) is 12.0 Å². The van der Waals surface area contributed by atoms with Crippen molar-refractivity contribution in [3.05, 3.63) is 43.0 Å². The molecule has 138 valence electrons. The van der Waals surface area contributed by atoms with E-state index in [4.69, 9.17) is 0 Å². The molecule has 0 aliphatic rings. The van der Waals surface area contributed by atoms with Gasteiger partial charge in [-0.2, -0.15) is 0 Å². The van der Waals surface area contributed by atoms with E-state index in [1.807, 2.05) is 19.1 Å². The van der Waals surface area contributed by atoms with E-state index in [1.54, 1.807) is 30.9 Å². The van der Waals surface area contributed by atoms with Crippen LogP contribution in [0.5, 0.6) is 0 Å². The van der Waals surface area contributed by atoms with Crippen molar-refractivity contribution in [1.82, 2.24) is 24.8 Å². The van der Waals surface area contributed by atoms with Gasteiger partial charge in [-0.25, -0.2) is 24.1 Å². The maximum atomic E-state index is 12.3. The fraction of sp³-hybridized carbons (Fsp3) is 0.294. The van der Waals surface area contributed by atoms with Gasteiger partial charge in [-0.3, -0.25) is 5.32 Å². The minimum atomic E-state index is -0.673. The molecule has 2 amide bonds. The van der Waals surface area contributed by atoms with Crippen LogP contribution >= 0.6 is 0 Å². The van der Waals surface area contributed by atoms with Crippen molar-refractivity contribution in [2.75, 3.05) is 19.0 Å². The molecule has 0 spiro atoms. The molecule has 3 rings (SSSR count). The third-order valence-corrected chi connectivity index (χ3v) is 3.38. The van der Waals surface area contributed by atoms with E-state index >= 15 is 0 Å². The summed E-state index contributed by atoms with van der Waals surface area (Å²) < 4.78 is 5.88. The molecule has 0 atom stereocenters. The van der Waals surface area contributed by atoms with Gasteiger partial charge in [0.1, 0.15) is 0 Å². The van der Waals surface area contributed by atoms with Crippen LogP contribution in [-0.2, 0) is 4.74 Å². The van der Waals surface area contributed by atoms with Crippen molar-refractivity contribution in [2.24, 2.45) is 0 Å². The molecule has 3 aromatic rings. The lowest BCUT2D eigenvalue weighted by molar-refractivity contribution is 0.186. The Labute approximate surface area is 150 Å². The van der Waals surface area contributed by atoms with Gasteiger partial charge < -0.3 is 15.0 Å². The van der Waals surface area contributed by atoms with Crippen LogP contribution in [0.2, 0.25) is 0 Å². The Hall–Kier alpha value is -3.36. The summed E-state index contributed by atoms with van der Waals surface area (Å²) in [6.45, 7) is 2.61. The molecule has 0 unspecified atom stereocenters. The van der Waals surface area contributed by atoms with Gasteiger partial charge >= 0.3 is 12.1 Å². The number of hydrogen-bond donors (Lipinski definition) is 3. The molecule has 0 aliphatic heterocycles. The molecule has 0 aliphatic carbocycles. The van der Waals surface area contributed by atoms with E-state index in [0.717, 1.165) is 12.8 Å². The molecule has 0 bridgehead atoms.